The maximum absolute atomic E-state index is 9.55. The van der Waals surface area contributed by atoms with E-state index >= 15 is 0 Å². The number of pyridine rings is 1. The van der Waals surface area contributed by atoms with Gasteiger partial charge >= 0.3 is 11.9 Å². The minimum atomic E-state index is -1.26. The highest BCUT2D eigenvalue weighted by Gasteiger charge is 2.14. The van der Waals surface area contributed by atoms with Gasteiger partial charge in [0.2, 0.25) is 0 Å². The number of ether oxygens (including phenoxy) is 1. The molecule has 0 spiro atoms. The first-order valence-corrected chi connectivity index (χ1v) is 12.2. The molecule has 192 valence electrons. The van der Waals surface area contributed by atoms with Gasteiger partial charge in [0.1, 0.15) is 11.4 Å². The Balaban J connectivity index is 0.000000414. The summed E-state index contributed by atoms with van der Waals surface area (Å²) in [5.74, 6) is -1.65. The summed E-state index contributed by atoms with van der Waals surface area (Å²) in [4.78, 5) is 25.8. The van der Waals surface area contributed by atoms with E-state index in [0.717, 1.165) is 51.2 Å². The number of rotatable bonds is 9. The Hall–Kier alpha value is -4.02. The molecule has 2 heterocycles. The SMILES string of the molecule is CN(C)CCCOc1ccc(-n2nc(-c3ccc(Br)cc3)c3cccnc32)cc1.O=C(O)C=CC(=O)O. The van der Waals surface area contributed by atoms with Crippen molar-refractivity contribution in [1.29, 1.82) is 0 Å². The van der Waals surface area contributed by atoms with Crippen LogP contribution in [0.25, 0.3) is 28.0 Å². The highest BCUT2D eigenvalue weighted by atomic mass is 79.9. The molecular weight excluding hydrogens is 540 g/mol. The van der Waals surface area contributed by atoms with E-state index in [1.54, 1.807) is 6.20 Å². The van der Waals surface area contributed by atoms with Crippen LogP contribution in [0.3, 0.4) is 0 Å². The lowest BCUT2D eigenvalue weighted by Crippen LogP contribution is -2.15. The van der Waals surface area contributed by atoms with Crippen molar-refractivity contribution in [2.75, 3.05) is 27.2 Å². The highest BCUT2D eigenvalue weighted by Crippen LogP contribution is 2.30. The van der Waals surface area contributed by atoms with Gasteiger partial charge < -0.3 is 19.8 Å². The van der Waals surface area contributed by atoms with Crippen molar-refractivity contribution in [1.82, 2.24) is 19.7 Å². The van der Waals surface area contributed by atoms with E-state index in [9.17, 15) is 9.59 Å². The summed E-state index contributed by atoms with van der Waals surface area (Å²) in [7, 11) is 4.14. The lowest BCUT2D eigenvalue weighted by molar-refractivity contribution is -0.134. The van der Waals surface area contributed by atoms with Gasteiger partial charge in [0.05, 0.1) is 12.3 Å². The van der Waals surface area contributed by atoms with E-state index in [0.29, 0.717) is 18.8 Å². The van der Waals surface area contributed by atoms with E-state index in [-0.39, 0.29) is 0 Å². The van der Waals surface area contributed by atoms with Gasteiger partial charge in [-0.05, 0) is 69.0 Å². The zero-order chi connectivity index (χ0) is 26.8. The molecule has 0 aliphatic carbocycles. The second-order valence-electron chi connectivity index (χ2n) is 8.15. The minimum absolute atomic E-state index is 0.558. The van der Waals surface area contributed by atoms with Crippen LogP contribution in [0.5, 0.6) is 5.75 Å². The lowest BCUT2D eigenvalue weighted by atomic mass is 10.1. The molecule has 0 fully saturated rings. The molecule has 37 heavy (non-hydrogen) atoms. The van der Waals surface area contributed by atoms with Crippen LogP contribution in [-0.2, 0) is 9.59 Å². The predicted molar refractivity (Wildman–Crippen MR) is 145 cm³/mol. The van der Waals surface area contributed by atoms with Crippen LogP contribution in [0.4, 0.5) is 0 Å². The van der Waals surface area contributed by atoms with Crippen LogP contribution in [0, 0.1) is 0 Å². The first-order chi connectivity index (χ1) is 17.7. The molecule has 10 heteroatoms. The van der Waals surface area contributed by atoms with E-state index in [1.165, 1.54) is 0 Å². The minimum Gasteiger partial charge on any atom is -0.494 e. The Bertz CT molecular complexity index is 1350. The summed E-state index contributed by atoms with van der Waals surface area (Å²) in [5, 5.41) is 21.5. The fraction of sp³-hybridized carbons (Fsp3) is 0.185. The maximum atomic E-state index is 9.55. The fourth-order valence-electron chi connectivity index (χ4n) is 3.35. The topological polar surface area (TPSA) is 118 Å². The summed E-state index contributed by atoms with van der Waals surface area (Å²) >= 11 is 3.49. The zero-order valence-electron chi connectivity index (χ0n) is 20.4. The third kappa shape index (κ3) is 8.26. The molecule has 0 bridgehead atoms. The molecule has 0 radical (unpaired) electrons. The number of carboxylic acids is 2. The fourth-order valence-corrected chi connectivity index (χ4v) is 3.61. The van der Waals surface area contributed by atoms with Crippen molar-refractivity contribution in [3.8, 4) is 22.7 Å². The molecule has 4 aromatic rings. The van der Waals surface area contributed by atoms with Crippen LogP contribution in [0.1, 0.15) is 6.42 Å². The number of fused-ring (bicyclic) bond motifs is 1. The Morgan fingerprint density at radius 3 is 2.24 bits per heavy atom. The van der Waals surface area contributed by atoms with Crippen LogP contribution in [0.15, 0.2) is 83.5 Å². The predicted octanol–water partition coefficient (Wildman–Crippen LogP) is 4.89. The normalized spacial score (nSPS) is 10.9. The molecule has 2 aromatic carbocycles. The Morgan fingerprint density at radius 1 is 1.00 bits per heavy atom. The number of hydrogen-bond donors (Lipinski definition) is 2. The molecular formula is C27H27BrN4O5. The van der Waals surface area contributed by atoms with E-state index in [1.807, 2.05) is 47.1 Å². The van der Waals surface area contributed by atoms with Gasteiger partial charge in [-0.1, -0.05) is 28.1 Å². The number of aliphatic carboxylic acids is 2. The summed E-state index contributed by atoms with van der Waals surface area (Å²) in [6.07, 6.45) is 3.91. The van der Waals surface area contributed by atoms with Crippen LogP contribution < -0.4 is 4.74 Å². The lowest BCUT2D eigenvalue weighted by Gasteiger charge is -2.10. The van der Waals surface area contributed by atoms with Gasteiger partial charge in [-0.2, -0.15) is 5.10 Å². The Kier molecular flexibility index (Phi) is 9.93. The summed E-state index contributed by atoms with van der Waals surface area (Å²) < 4.78 is 8.78. The largest absolute Gasteiger partial charge is 0.494 e. The third-order valence-corrected chi connectivity index (χ3v) is 5.56. The molecule has 2 aromatic heterocycles. The molecule has 0 aliphatic rings. The van der Waals surface area contributed by atoms with Gasteiger partial charge in [0.25, 0.3) is 0 Å². The quantitative estimate of drug-likeness (QED) is 0.217. The molecule has 0 unspecified atom stereocenters. The van der Waals surface area contributed by atoms with Crippen molar-refractivity contribution in [3.63, 3.8) is 0 Å². The second kappa shape index (κ2) is 13.3. The van der Waals surface area contributed by atoms with Crippen molar-refractivity contribution >= 4 is 38.9 Å². The first kappa shape index (κ1) is 27.6. The van der Waals surface area contributed by atoms with Crippen LogP contribution >= 0.6 is 15.9 Å². The highest BCUT2D eigenvalue weighted by molar-refractivity contribution is 9.10. The third-order valence-electron chi connectivity index (χ3n) is 5.03. The Labute approximate surface area is 222 Å². The average molecular weight is 567 g/mol. The molecule has 0 amide bonds. The average Bonchev–Trinajstić information content (AvgIpc) is 3.26. The number of benzene rings is 2. The molecule has 2 N–H and O–H groups in total. The number of nitrogens with zero attached hydrogens (tertiary/aromatic N) is 4. The molecule has 0 saturated carbocycles. The van der Waals surface area contributed by atoms with Crippen LogP contribution in [0.2, 0.25) is 0 Å². The first-order valence-electron chi connectivity index (χ1n) is 11.4. The number of carboxylic acid groups (broad SMARTS) is 2. The molecule has 4 rings (SSSR count). The monoisotopic (exact) mass is 566 g/mol. The van der Waals surface area contributed by atoms with Gasteiger partial charge in [0.15, 0.2) is 5.65 Å². The zero-order valence-corrected chi connectivity index (χ0v) is 22.0. The summed E-state index contributed by atoms with van der Waals surface area (Å²) in [6.45, 7) is 1.72. The van der Waals surface area contributed by atoms with E-state index in [2.05, 4.69) is 58.1 Å². The van der Waals surface area contributed by atoms with E-state index in [4.69, 9.17) is 20.0 Å². The molecule has 9 nitrogen and oxygen atoms in total. The summed E-state index contributed by atoms with van der Waals surface area (Å²) in [6, 6.07) is 20.2. The van der Waals surface area contributed by atoms with Crippen molar-refractivity contribution in [2.24, 2.45) is 0 Å². The maximum Gasteiger partial charge on any atom is 0.328 e. The summed E-state index contributed by atoms with van der Waals surface area (Å²) in [5.41, 5.74) is 3.78. The van der Waals surface area contributed by atoms with Gasteiger partial charge in [0, 0.05) is 40.3 Å². The smallest absolute Gasteiger partial charge is 0.328 e. The van der Waals surface area contributed by atoms with Crippen molar-refractivity contribution < 1.29 is 24.5 Å². The van der Waals surface area contributed by atoms with Gasteiger partial charge in [-0.15, -0.1) is 0 Å². The van der Waals surface area contributed by atoms with Crippen molar-refractivity contribution in [2.45, 2.75) is 6.42 Å². The number of hydrogen-bond acceptors (Lipinski definition) is 6. The van der Waals surface area contributed by atoms with Crippen LogP contribution in [-0.4, -0.2) is 69.1 Å². The number of carbonyl (C=O) groups is 2. The van der Waals surface area contributed by atoms with Gasteiger partial charge in [-0.3, -0.25) is 0 Å². The molecule has 0 aliphatic heterocycles. The standard InChI is InChI=1S/C23H23BrN4O.C4H4O4/c1-27(2)15-4-16-29-20-12-10-19(11-13-20)28-23-21(5-3-14-25-23)22(26-28)17-6-8-18(24)9-7-17;5-3(6)1-2-4(7)8/h3,5-14H,4,15-16H2,1-2H3;1-2H,(H,5,6)(H,7,8). The molecule has 0 saturated heterocycles. The number of aromatic nitrogens is 3. The number of halogens is 1. The van der Waals surface area contributed by atoms with Crippen molar-refractivity contribution in [3.05, 3.63) is 83.5 Å². The molecule has 0 atom stereocenters. The Morgan fingerprint density at radius 2 is 1.65 bits per heavy atom. The second-order valence-corrected chi connectivity index (χ2v) is 9.07. The van der Waals surface area contributed by atoms with Gasteiger partial charge in [-0.25, -0.2) is 19.3 Å². The van der Waals surface area contributed by atoms with E-state index < -0.39 is 11.9 Å².